The van der Waals surface area contributed by atoms with Gasteiger partial charge in [-0.3, -0.25) is 9.98 Å². The first kappa shape index (κ1) is 21.4. The number of aliphatic imine (C=N–C) groups is 2. The second-order valence-electron chi connectivity index (χ2n) is 11.3. The van der Waals surface area contributed by atoms with Crippen LogP contribution in [0.3, 0.4) is 0 Å². The summed E-state index contributed by atoms with van der Waals surface area (Å²) in [6, 6.07) is 0.433. The summed E-state index contributed by atoms with van der Waals surface area (Å²) in [7, 11) is 0. The molecule has 0 aromatic carbocycles. The van der Waals surface area contributed by atoms with Crippen LogP contribution in [0.4, 0.5) is 0 Å². The molecule has 1 fully saturated rings. The van der Waals surface area contributed by atoms with Gasteiger partial charge in [0.15, 0.2) is 0 Å². The minimum atomic E-state index is 0.166. The smallest absolute Gasteiger partial charge is 0.0510 e. The molecule has 1 aliphatic carbocycles. The SMILES string of the molecule is CC(=NC[C@]1(C)C[C@H](N=C(C)C(C)(C)C)CC(C)(C)C1)C(C)(C)C. The molecule has 0 aromatic rings. The number of hydrogen-bond acceptors (Lipinski definition) is 2. The third-order valence-electron chi connectivity index (χ3n) is 5.67. The Kier molecular flexibility index (Phi) is 6.17. The molecule has 2 nitrogen and oxygen atoms in total. The highest BCUT2D eigenvalue weighted by Crippen LogP contribution is 2.47. The van der Waals surface area contributed by atoms with Crippen LogP contribution in [0.2, 0.25) is 0 Å². The predicted octanol–water partition coefficient (Wildman–Crippen LogP) is 6.59. The molecule has 24 heavy (non-hydrogen) atoms. The maximum Gasteiger partial charge on any atom is 0.0510 e. The minimum absolute atomic E-state index is 0.166. The zero-order valence-corrected chi connectivity index (χ0v) is 18.3. The van der Waals surface area contributed by atoms with Crippen molar-refractivity contribution in [1.82, 2.24) is 0 Å². The van der Waals surface area contributed by atoms with E-state index in [0.29, 0.717) is 11.5 Å². The lowest BCUT2D eigenvalue weighted by atomic mass is 9.62. The number of hydrogen-bond donors (Lipinski definition) is 0. The van der Waals surface area contributed by atoms with E-state index < -0.39 is 0 Å². The van der Waals surface area contributed by atoms with Crippen LogP contribution in [0.25, 0.3) is 0 Å². The summed E-state index contributed by atoms with van der Waals surface area (Å²) in [6.45, 7) is 26.1. The summed E-state index contributed by atoms with van der Waals surface area (Å²) in [5.41, 5.74) is 3.46. The van der Waals surface area contributed by atoms with Crippen LogP contribution >= 0.6 is 0 Å². The average Bonchev–Trinajstić information content (AvgIpc) is 2.31. The van der Waals surface area contributed by atoms with Crippen molar-refractivity contribution in [3.8, 4) is 0 Å². The first-order valence-corrected chi connectivity index (χ1v) is 9.61. The third-order valence-corrected chi connectivity index (χ3v) is 5.67. The fourth-order valence-corrected chi connectivity index (χ4v) is 3.80. The normalized spacial score (nSPS) is 29.7. The van der Waals surface area contributed by atoms with Gasteiger partial charge in [-0.05, 0) is 54.8 Å². The molecule has 0 heterocycles. The number of rotatable bonds is 3. The van der Waals surface area contributed by atoms with Gasteiger partial charge in [0.2, 0.25) is 0 Å². The van der Waals surface area contributed by atoms with E-state index in [-0.39, 0.29) is 16.2 Å². The molecule has 1 rings (SSSR count). The third kappa shape index (κ3) is 6.33. The summed E-state index contributed by atoms with van der Waals surface area (Å²) in [4.78, 5) is 10.1. The standard InChI is InChI=1S/C22H42N2/c1-16(19(3,4)5)23-15-22(11)13-18(12-21(9,10)14-22)24-17(2)20(6,7)8/h18H,12-15H2,1-11H3/t18-,22-/m1/s1. The molecule has 0 amide bonds. The highest BCUT2D eigenvalue weighted by molar-refractivity contribution is 5.87. The molecule has 2 atom stereocenters. The van der Waals surface area contributed by atoms with Crippen LogP contribution < -0.4 is 0 Å². The average molecular weight is 335 g/mol. The Hall–Kier alpha value is -0.660. The largest absolute Gasteiger partial charge is 0.293 e. The van der Waals surface area contributed by atoms with E-state index in [1.54, 1.807) is 0 Å². The van der Waals surface area contributed by atoms with Crippen LogP contribution in [-0.4, -0.2) is 24.0 Å². The molecule has 1 saturated carbocycles. The summed E-state index contributed by atoms with van der Waals surface area (Å²) >= 11 is 0. The van der Waals surface area contributed by atoms with E-state index in [0.717, 1.165) is 13.0 Å². The molecular weight excluding hydrogens is 292 g/mol. The molecule has 0 aliphatic heterocycles. The van der Waals surface area contributed by atoms with Crippen molar-refractivity contribution in [2.45, 2.75) is 101 Å². The molecule has 0 saturated heterocycles. The molecule has 0 bridgehead atoms. The lowest BCUT2D eigenvalue weighted by Crippen LogP contribution is -2.40. The van der Waals surface area contributed by atoms with Gasteiger partial charge < -0.3 is 0 Å². The maximum atomic E-state index is 5.14. The van der Waals surface area contributed by atoms with E-state index in [1.807, 2.05) is 0 Å². The Morgan fingerprint density at radius 2 is 1.38 bits per heavy atom. The molecule has 1 aliphatic rings. The summed E-state index contributed by atoms with van der Waals surface area (Å²) in [5, 5.41) is 0. The van der Waals surface area contributed by atoms with Gasteiger partial charge in [0.05, 0.1) is 6.04 Å². The van der Waals surface area contributed by atoms with Crippen molar-refractivity contribution >= 4 is 11.4 Å². The van der Waals surface area contributed by atoms with Crippen molar-refractivity contribution in [3.63, 3.8) is 0 Å². The molecular formula is C22H42N2. The molecule has 0 unspecified atom stereocenters. The first-order chi connectivity index (χ1) is 10.5. The van der Waals surface area contributed by atoms with E-state index in [4.69, 9.17) is 9.98 Å². The molecule has 140 valence electrons. The highest BCUT2D eigenvalue weighted by atomic mass is 14.8. The zero-order valence-electron chi connectivity index (χ0n) is 18.3. The summed E-state index contributed by atoms with van der Waals surface area (Å²) < 4.78 is 0. The van der Waals surface area contributed by atoms with Crippen molar-refractivity contribution < 1.29 is 0 Å². The van der Waals surface area contributed by atoms with Gasteiger partial charge >= 0.3 is 0 Å². The summed E-state index contributed by atoms with van der Waals surface area (Å²) in [5.74, 6) is 0. The second kappa shape index (κ2) is 6.92. The first-order valence-electron chi connectivity index (χ1n) is 9.61. The fraction of sp³-hybridized carbons (Fsp3) is 0.909. The number of nitrogens with zero attached hydrogens (tertiary/aromatic N) is 2. The highest BCUT2D eigenvalue weighted by Gasteiger charge is 2.41. The Morgan fingerprint density at radius 3 is 1.83 bits per heavy atom. The lowest BCUT2D eigenvalue weighted by Gasteiger charge is -2.45. The van der Waals surface area contributed by atoms with Crippen LogP contribution in [0.15, 0.2) is 9.98 Å². The minimum Gasteiger partial charge on any atom is -0.293 e. The van der Waals surface area contributed by atoms with Gasteiger partial charge in [-0.25, -0.2) is 0 Å². The van der Waals surface area contributed by atoms with Gasteiger partial charge in [0, 0.05) is 18.0 Å². The molecule has 2 heteroatoms. The lowest BCUT2D eigenvalue weighted by molar-refractivity contribution is 0.0911. The van der Waals surface area contributed by atoms with E-state index in [9.17, 15) is 0 Å². The quantitative estimate of drug-likeness (QED) is 0.520. The monoisotopic (exact) mass is 334 g/mol. The zero-order chi connectivity index (χ0) is 19.0. The molecule has 0 aromatic heterocycles. The Bertz CT molecular complexity index is 497. The van der Waals surface area contributed by atoms with Crippen LogP contribution in [0, 0.1) is 21.7 Å². The van der Waals surface area contributed by atoms with Crippen molar-refractivity contribution in [1.29, 1.82) is 0 Å². The van der Waals surface area contributed by atoms with Crippen molar-refractivity contribution in [3.05, 3.63) is 0 Å². The van der Waals surface area contributed by atoms with E-state index in [1.165, 1.54) is 24.3 Å². The fourth-order valence-electron chi connectivity index (χ4n) is 3.80. The maximum absolute atomic E-state index is 5.14. The van der Waals surface area contributed by atoms with Gasteiger partial charge in [-0.15, -0.1) is 0 Å². The van der Waals surface area contributed by atoms with Crippen molar-refractivity contribution in [2.75, 3.05) is 6.54 Å². The van der Waals surface area contributed by atoms with Gasteiger partial charge in [0.1, 0.15) is 0 Å². The van der Waals surface area contributed by atoms with E-state index in [2.05, 4.69) is 76.2 Å². The Labute approximate surface area is 151 Å². The molecule has 0 radical (unpaired) electrons. The molecule has 0 spiro atoms. The Balaban J connectivity index is 3.00. The summed E-state index contributed by atoms with van der Waals surface area (Å²) in [6.07, 6.45) is 3.59. The van der Waals surface area contributed by atoms with Crippen LogP contribution in [0.1, 0.15) is 95.4 Å². The predicted molar refractivity (Wildman–Crippen MR) is 110 cm³/mol. The van der Waals surface area contributed by atoms with E-state index >= 15 is 0 Å². The second-order valence-corrected chi connectivity index (χ2v) is 11.3. The van der Waals surface area contributed by atoms with Crippen molar-refractivity contribution in [2.24, 2.45) is 31.6 Å². The van der Waals surface area contributed by atoms with Crippen LogP contribution in [-0.2, 0) is 0 Å². The van der Waals surface area contributed by atoms with Gasteiger partial charge in [-0.2, -0.15) is 0 Å². The van der Waals surface area contributed by atoms with Crippen LogP contribution in [0.5, 0.6) is 0 Å². The molecule has 0 N–H and O–H groups in total. The Morgan fingerprint density at radius 1 is 0.875 bits per heavy atom. The van der Waals surface area contributed by atoms with Gasteiger partial charge in [0.25, 0.3) is 0 Å². The van der Waals surface area contributed by atoms with Gasteiger partial charge in [-0.1, -0.05) is 62.3 Å². The topological polar surface area (TPSA) is 24.7 Å².